The SMILES string of the molecule is O=C(NCc1ccc(F)cc1)c1cc[c]cc1. The number of halogens is 1. The van der Waals surface area contributed by atoms with Gasteiger partial charge in [0.05, 0.1) is 0 Å². The lowest BCUT2D eigenvalue weighted by molar-refractivity contribution is 0.0951. The molecule has 0 bridgehead atoms. The van der Waals surface area contributed by atoms with Gasteiger partial charge in [-0.3, -0.25) is 4.79 Å². The Hall–Kier alpha value is -2.16. The predicted molar refractivity (Wildman–Crippen MR) is 62.8 cm³/mol. The van der Waals surface area contributed by atoms with Gasteiger partial charge in [-0.1, -0.05) is 24.3 Å². The van der Waals surface area contributed by atoms with Crippen LogP contribution in [0.5, 0.6) is 0 Å². The maximum absolute atomic E-state index is 12.7. The van der Waals surface area contributed by atoms with E-state index in [4.69, 9.17) is 0 Å². The summed E-state index contributed by atoms with van der Waals surface area (Å²) < 4.78 is 12.7. The summed E-state index contributed by atoms with van der Waals surface area (Å²) in [5.74, 6) is -0.429. The maximum atomic E-state index is 12.7. The molecule has 1 radical (unpaired) electrons. The molecule has 0 unspecified atom stereocenters. The van der Waals surface area contributed by atoms with Crippen LogP contribution < -0.4 is 5.32 Å². The van der Waals surface area contributed by atoms with Gasteiger partial charge in [0, 0.05) is 12.1 Å². The molecule has 2 rings (SSSR count). The number of benzene rings is 2. The highest BCUT2D eigenvalue weighted by atomic mass is 19.1. The minimum atomic E-state index is -0.279. The van der Waals surface area contributed by atoms with Crippen molar-refractivity contribution in [2.45, 2.75) is 6.54 Å². The van der Waals surface area contributed by atoms with Gasteiger partial charge in [0.1, 0.15) is 5.82 Å². The fourth-order valence-electron chi connectivity index (χ4n) is 1.42. The van der Waals surface area contributed by atoms with Crippen LogP contribution in [0, 0.1) is 11.9 Å². The highest BCUT2D eigenvalue weighted by Gasteiger charge is 2.03. The van der Waals surface area contributed by atoms with E-state index in [0.29, 0.717) is 12.1 Å². The Morgan fingerprint density at radius 1 is 1.12 bits per heavy atom. The third-order valence-corrected chi connectivity index (χ3v) is 2.35. The predicted octanol–water partition coefficient (Wildman–Crippen LogP) is 2.56. The quantitative estimate of drug-likeness (QED) is 0.859. The highest BCUT2D eigenvalue weighted by Crippen LogP contribution is 2.03. The molecule has 2 nitrogen and oxygen atoms in total. The molecule has 0 atom stereocenters. The number of hydrogen-bond donors (Lipinski definition) is 1. The molecule has 0 aliphatic heterocycles. The zero-order valence-corrected chi connectivity index (χ0v) is 9.11. The first-order valence-corrected chi connectivity index (χ1v) is 5.24. The topological polar surface area (TPSA) is 29.1 Å². The number of amides is 1. The van der Waals surface area contributed by atoms with Crippen LogP contribution in [0.2, 0.25) is 0 Å². The molecule has 85 valence electrons. The summed E-state index contributed by atoms with van der Waals surface area (Å²) >= 11 is 0. The lowest BCUT2D eigenvalue weighted by atomic mass is 10.2. The Kier molecular flexibility index (Phi) is 3.50. The third kappa shape index (κ3) is 3.14. The van der Waals surface area contributed by atoms with Crippen molar-refractivity contribution in [3.8, 4) is 0 Å². The fraction of sp³-hybridized carbons (Fsp3) is 0.0714. The van der Waals surface area contributed by atoms with Crippen molar-refractivity contribution >= 4 is 5.91 Å². The van der Waals surface area contributed by atoms with Crippen molar-refractivity contribution in [2.75, 3.05) is 0 Å². The van der Waals surface area contributed by atoms with Crippen LogP contribution in [0.25, 0.3) is 0 Å². The van der Waals surface area contributed by atoms with Crippen LogP contribution in [0.4, 0.5) is 4.39 Å². The summed E-state index contributed by atoms with van der Waals surface area (Å²) in [5.41, 5.74) is 1.45. The molecule has 1 amide bonds. The Morgan fingerprint density at radius 3 is 2.41 bits per heavy atom. The van der Waals surface area contributed by atoms with Gasteiger partial charge < -0.3 is 5.32 Å². The Balaban J connectivity index is 1.95. The normalized spacial score (nSPS) is 9.94. The molecule has 2 aromatic rings. The molecule has 0 saturated heterocycles. The average Bonchev–Trinajstić information content (AvgIpc) is 2.39. The molecule has 0 aliphatic rings. The minimum absolute atomic E-state index is 0.150. The van der Waals surface area contributed by atoms with E-state index in [0.717, 1.165) is 5.56 Å². The van der Waals surface area contributed by atoms with E-state index in [1.165, 1.54) is 12.1 Å². The van der Waals surface area contributed by atoms with E-state index in [1.807, 2.05) is 0 Å². The molecule has 17 heavy (non-hydrogen) atoms. The summed E-state index contributed by atoms with van der Waals surface area (Å²) in [7, 11) is 0. The largest absolute Gasteiger partial charge is 0.348 e. The molecule has 0 aromatic heterocycles. The van der Waals surface area contributed by atoms with E-state index < -0.39 is 0 Å². The van der Waals surface area contributed by atoms with Crippen molar-refractivity contribution in [3.63, 3.8) is 0 Å². The van der Waals surface area contributed by atoms with Crippen LogP contribution in [-0.2, 0) is 6.54 Å². The summed E-state index contributed by atoms with van der Waals surface area (Å²) in [6, 6.07) is 15.7. The van der Waals surface area contributed by atoms with Crippen molar-refractivity contribution < 1.29 is 9.18 Å². The second-order valence-electron chi connectivity index (χ2n) is 3.60. The van der Waals surface area contributed by atoms with Gasteiger partial charge >= 0.3 is 0 Å². The average molecular weight is 228 g/mol. The van der Waals surface area contributed by atoms with Crippen molar-refractivity contribution in [1.82, 2.24) is 5.32 Å². The Bertz CT molecular complexity index is 493. The summed E-state index contributed by atoms with van der Waals surface area (Å²) in [4.78, 5) is 11.7. The first-order chi connectivity index (χ1) is 8.25. The molecule has 3 heteroatoms. The summed E-state index contributed by atoms with van der Waals surface area (Å²) in [5, 5.41) is 2.76. The molecule has 0 heterocycles. The van der Waals surface area contributed by atoms with E-state index >= 15 is 0 Å². The Morgan fingerprint density at radius 2 is 1.76 bits per heavy atom. The third-order valence-electron chi connectivity index (χ3n) is 2.35. The van der Waals surface area contributed by atoms with Gasteiger partial charge in [-0.05, 0) is 35.9 Å². The van der Waals surface area contributed by atoms with Crippen molar-refractivity contribution in [2.24, 2.45) is 0 Å². The van der Waals surface area contributed by atoms with Crippen LogP contribution in [0.15, 0.2) is 48.5 Å². The van der Waals surface area contributed by atoms with Gasteiger partial charge in [-0.2, -0.15) is 0 Å². The van der Waals surface area contributed by atoms with Gasteiger partial charge in [0.25, 0.3) is 5.91 Å². The van der Waals surface area contributed by atoms with Gasteiger partial charge in [-0.25, -0.2) is 4.39 Å². The number of carbonyl (C=O) groups is 1. The van der Waals surface area contributed by atoms with E-state index in [9.17, 15) is 9.18 Å². The van der Waals surface area contributed by atoms with Gasteiger partial charge in [0.15, 0.2) is 0 Å². The molecule has 2 aromatic carbocycles. The second-order valence-corrected chi connectivity index (χ2v) is 3.60. The maximum Gasteiger partial charge on any atom is 0.251 e. The first-order valence-electron chi connectivity index (χ1n) is 5.24. The zero-order chi connectivity index (χ0) is 12.1. The summed E-state index contributed by atoms with van der Waals surface area (Å²) in [6.45, 7) is 0.387. The van der Waals surface area contributed by atoms with Crippen LogP contribution in [-0.4, -0.2) is 5.91 Å². The number of carbonyl (C=O) groups excluding carboxylic acids is 1. The first kappa shape index (κ1) is 11.3. The van der Waals surface area contributed by atoms with E-state index in [2.05, 4.69) is 11.4 Å². The number of nitrogens with one attached hydrogen (secondary N) is 1. The molecule has 1 N–H and O–H groups in total. The number of hydrogen-bond acceptors (Lipinski definition) is 1. The lowest BCUT2D eigenvalue weighted by Gasteiger charge is -2.05. The van der Waals surface area contributed by atoms with E-state index in [1.54, 1.807) is 36.4 Å². The molecular formula is C14H11FNO. The van der Waals surface area contributed by atoms with Crippen LogP contribution in [0.1, 0.15) is 15.9 Å². The zero-order valence-electron chi connectivity index (χ0n) is 9.11. The minimum Gasteiger partial charge on any atom is -0.348 e. The van der Waals surface area contributed by atoms with E-state index in [-0.39, 0.29) is 11.7 Å². The second kappa shape index (κ2) is 5.25. The summed E-state index contributed by atoms with van der Waals surface area (Å²) in [6.07, 6.45) is 0. The monoisotopic (exact) mass is 228 g/mol. The Labute approximate surface area is 99.1 Å². The van der Waals surface area contributed by atoms with Crippen LogP contribution >= 0.6 is 0 Å². The lowest BCUT2D eigenvalue weighted by Crippen LogP contribution is -2.22. The molecule has 0 saturated carbocycles. The highest BCUT2D eigenvalue weighted by molar-refractivity contribution is 5.94. The molecular weight excluding hydrogens is 217 g/mol. The molecule has 0 fully saturated rings. The molecule has 0 aliphatic carbocycles. The van der Waals surface area contributed by atoms with Crippen LogP contribution in [0.3, 0.4) is 0 Å². The smallest absolute Gasteiger partial charge is 0.251 e. The van der Waals surface area contributed by atoms with Crippen molar-refractivity contribution in [3.05, 3.63) is 71.5 Å². The standard InChI is InChI=1S/C14H11FNO/c15-13-8-6-11(7-9-13)10-16-14(17)12-4-2-1-3-5-12/h2-9H,10H2,(H,16,17). The van der Waals surface area contributed by atoms with Gasteiger partial charge in [0.2, 0.25) is 0 Å². The number of rotatable bonds is 3. The molecule has 0 spiro atoms. The van der Waals surface area contributed by atoms with Gasteiger partial charge in [-0.15, -0.1) is 0 Å². The fourth-order valence-corrected chi connectivity index (χ4v) is 1.42. The van der Waals surface area contributed by atoms with Crippen molar-refractivity contribution in [1.29, 1.82) is 0 Å².